The molecule has 1 aromatic rings. The summed E-state index contributed by atoms with van der Waals surface area (Å²) in [5.41, 5.74) is 3.07. The van der Waals surface area contributed by atoms with Crippen LogP contribution in [0.1, 0.15) is 32.3 Å². The molecule has 1 aromatic carbocycles. The first-order valence-corrected chi connectivity index (χ1v) is 5.68. The average Bonchev–Trinajstić information content (AvgIpc) is 2.31. The summed E-state index contributed by atoms with van der Waals surface area (Å²) in [4.78, 5) is 0. The van der Waals surface area contributed by atoms with E-state index in [0.29, 0.717) is 0 Å². The minimum Gasteiger partial charge on any atom is -0.0801 e. The lowest BCUT2D eigenvalue weighted by atomic mass is 9.76. The monoisotopic (exact) mass is 198 g/mol. The van der Waals surface area contributed by atoms with Crippen LogP contribution in [-0.2, 0) is 5.41 Å². The summed E-state index contributed by atoms with van der Waals surface area (Å²) < 4.78 is 0. The van der Waals surface area contributed by atoms with Crippen molar-refractivity contribution in [3.8, 4) is 0 Å². The highest BCUT2D eigenvalue weighted by molar-refractivity contribution is 5.37. The van der Waals surface area contributed by atoms with Gasteiger partial charge in [0.25, 0.3) is 0 Å². The second kappa shape index (κ2) is 4.06. The van der Waals surface area contributed by atoms with Crippen LogP contribution in [0.5, 0.6) is 0 Å². The Balaban J connectivity index is 2.25. The van der Waals surface area contributed by atoms with Crippen molar-refractivity contribution in [2.24, 2.45) is 0 Å². The van der Waals surface area contributed by atoms with E-state index in [1.807, 2.05) is 0 Å². The van der Waals surface area contributed by atoms with E-state index in [1.54, 1.807) is 0 Å². The first-order valence-electron chi connectivity index (χ1n) is 5.68. The number of hydrogen-bond acceptors (Lipinski definition) is 0. The van der Waals surface area contributed by atoms with Gasteiger partial charge in [0.2, 0.25) is 0 Å². The van der Waals surface area contributed by atoms with E-state index in [-0.39, 0.29) is 5.41 Å². The van der Waals surface area contributed by atoms with Crippen LogP contribution in [-0.4, -0.2) is 0 Å². The molecule has 0 radical (unpaired) electrons. The number of rotatable bonds is 2. The average molecular weight is 198 g/mol. The third kappa shape index (κ3) is 2.04. The Morgan fingerprint density at radius 1 is 1.20 bits per heavy atom. The summed E-state index contributed by atoms with van der Waals surface area (Å²) in [5, 5.41) is 0. The quantitative estimate of drug-likeness (QED) is 0.666. The Morgan fingerprint density at radius 3 is 2.47 bits per heavy atom. The summed E-state index contributed by atoms with van der Waals surface area (Å²) in [6.07, 6.45) is 9.25. The molecule has 0 fully saturated rings. The SMILES string of the molecule is CCC1=CCC(C)(c2ccccc2)C=C1. The molecule has 0 aromatic heterocycles. The molecule has 0 aliphatic heterocycles. The first kappa shape index (κ1) is 10.2. The number of benzene rings is 1. The maximum Gasteiger partial charge on any atom is 0.0141 e. The molecule has 0 saturated carbocycles. The van der Waals surface area contributed by atoms with Crippen LogP contribution in [0.4, 0.5) is 0 Å². The summed E-state index contributed by atoms with van der Waals surface area (Å²) in [6, 6.07) is 10.7. The summed E-state index contributed by atoms with van der Waals surface area (Å²) in [7, 11) is 0. The first-order chi connectivity index (χ1) is 7.24. The number of allylic oxidation sites excluding steroid dienone is 4. The zero-order valence-corrected chi connectivity index (χ0v) is 9.53. The van der Waals surface area contributed by atoms with Gasteiger partial charge in [-0.05, 0) is 18.4 Å². The lowest BCUT2D eigenvalue weighted by Gasteiger charge is -2.28. The van der Waals surface area contributed by atoms with Crippen molar-refractivity contribution in [1.29, 1.82) is 0 Å². The van der Waals surface area contributed by atoms with Gasteiger partial charge in [-0.15, -0.1) is 0 Å². The highest BCUT2D eigenvalue weighted by Gasteiger charge is 2.23. The fourth-order valence-electron chi connectivity index (χ4n) is 2.07. The van der Waals surface area contributed by atoms with E-state index in [1.165, 1.54) is 11.1 Å². The van der Waals surface area contributed by atoms with Gasteiger partial charge >= 0.3 is 0 Å². The molecule has 0 spiro atoms. The van der Waals surface area contributed by atoms with Crippen molar-refractivity contribution < 1.29 is 0 Å². The Morgan fingerprint density at radius 2 is 1.93 bits per heavy atom. The predicted octanol–water partition coefficient (Wildman–Crippen LogP) is 4.24. The van der Waals surface area contributed by atoms with E-state index < -0.39 is 0 Å². The van der Waals surface area contributed by atoms with E-state index >= 15 is 0 Å². The molecule has 78 valence electrons. The molecule has 0 amide bonds. The fraction of sp³-hybridized carbons (Fsp3) is 0.333. The van der Waals surface area contributed by atoms with E-state index in [4.69, 9.17) is 0 Å². The molecule has 2 rings (SSSR count). The summed E-state index contributed by atoms with van der Waals surface area (Å²) in [5.74, 6) is 0. The normalized spacial score (nSPS) is 25.1. The van der Waals surface area contributed by atoms with Gasteiger partial charge in [-0.3, -0.25) is 0 Å². The zero-order valence-electron chi connectivity index (χ0n) is 9.53. The zero-order chi connectivity index (χ0) is 10.7. The molecule has 0 heterocycles. The summed E-state index contributed by atoms with van der Waals surface area (Å²) >= 11 is 0. The van der Waals surface area contributed by atoms with Gasteiger partial charge in [0.05, 0.1) is 0 Å². The standard InChI is InChI=1S/C15H18/c1-3-13-9-11-15(2,12-10-13)14-7-5-4-6-8-14/h4-11H,3,12H2,1-2H3. The molecule has 0 nitrogen and oxygen atoms in total. The molecule has 15 heavy (non-hydrogen) atoms. The van der Waals surface area contributed by atoms with Crippen LogP contribution in [0.15, 0.2) is 54.1 Å². The largest absolute Gasteiger partial charge is 0.0801 e. The summed E-state index contributed by atoms with van der Waals surface area (Å²) in [6.45, 7) is 4.52. The van der Waals surface area contributed by atoms with Crippen LogP contribution < -0.4 is 0 Å². The minimum absolute atomic E-state index is 0.194. The predicted molar refractivity (Wildman–Crippen MR) is 65.9 cm³/mol. The van der Waals surface area contributed by atoms with Crippen LogP contribution in [0.3, 0.4) is 0 Å². The Kier molecular flexibility index (Phi) is 2.77. The van der Waals surface area contributed by atoms with Gasteiger partial charge in [0.1, 0.15) is 0 Å². The molecule has 1 aliphatic rings. The van der Waals surface area contributed by atoms with E-state index in [0.717, 1.165) is 12.8 Å². The van der Waals surface area contributed by atoms with Crippen molar-refractivity contribution in [2.45, 2.75) is 32.1 Å². The van der Waals surface area contributed by atoms with Crippen molar-refractivity contribution in [3.63, 3.8) is 0 Å². The highest BCUT2D eigenvalue weighted by atomic mass is 14.3. The second-order valence-electron chi connectivity index (χ2n) is 4.45. The van der Waals surface area contributed by atoms with Gasteiger partial charge in [-0.25, -0.2) is 0 Å². The Labute approximate surface area is 92.3 Å². The van der Waals surface area contributed by atoms with E-state index in [9.17, 15) is 0 Å². The van der Waals surface area contributed by atoms with E-state index in [2.05, 4.69) is 62.4 Å². The van der Waals surface area contributed by atoms with Gasteiger partial charge in [0.15, 0.2) is 0 Å². The smallest absolute Gasteiger partial charge is 0.0141 e. The lowest BCUT2D eigenvalue weighted by Crippen LogP contribution is -2.20. The topological polar surface area (TPSA) is 0 Å². The maximum atomic E-state index is 2.37. The molecular formula is C15H18. The van der Waals surface area contributed by atoms with Crippen LogP contribution >= 0.6 is 0 Å². The molecule has 0 bridgehead atoms. The Bertz CT molecular complexity index is 384. The third-order valence-electron chi connectivity index (χ3n) is 3.30. The molecule has 0 heteroatoms. The lowest BCUT2D eigenvalue weighted by molar-refractivity contribution is 0.594. The molecule has 1 unspecified atom stereocenters. The second-order valence-corrected chi connectivity index (χ2v) is 4.45. The van der Waals surface area contributed by atoms with Crippen molar-refractivity contribution >= 4 is 0 Å². The third-order valence-corrected chi connectivity index (χ3v) is 3.30. The molecule has 1 aliphatic carbocycles. The molecular weight excluding hydrogens is 180 g/mol. The van der Waals surface area contributed by atoms with Gasteiger partial charge in [-0.2, -0.15) is 0 Å². The van der Waals surface area contributed by atoms with Crippen molar-refractivity contribution in [1.82, 2.24) is 0 Å². The van der Waals surface area contributed by atoms with Crippen LogP contribution in [0, 0.1) is 0 Å². The molecule has 0 N–H and O–H groups in total. The van der Waals surface area contributed by atoms with Gasteiger partial charge < -0.3 is 0 Å². The van der Waals surface area contributed by atoms with Gasteiger partial charge in [-0.1, -0.05) is 68.0 Å². The maximum absolute atomic E-state index is 2.37. The number of hydrogen-bond donors (Lipinski definition) is 0. The van der Waals surface area contributed by atoms with Crippen molar-refractivity contribution in [3.05, 3.63) is 59.7 Å². The molecule has 0 saturated heterocycles. The molecule has 1 atom stereocenters. The van der Waals surface area contributed by atoms with Crippen LogP contribution in [0.25, 0.3) is 0 Å². The Hall–Kier alpha value is -1.30. The van der Waals surface area contributed by atoms with Crippen LogP contribution in [0.2, 0.25) is 0 Å². The highest BCUT2D eigenvalue weighted by Crippen LogP contribution is 2.33. The van der Waals surface area contributed by atoms with Crippen molar-refractivity contribution in [2.75, 3.05) is 0 Å². The fourth-order valence-corrected chi connectivity index (χ4v) is 2.07. The minimum atomic E-state index is 0.194. The van der Waals surface area contributed by atoms with Gasteiger partial charge in [0, 0.05) is 5.41 Å².